The van der Waals surface area contributed by atoms with E-state index in [9.17, 15) is 13.2 Å². The fraction of sp³-hybridized carbons (Fsp3) is 0.650. The van der Waals surface area contributed by atoms with Gasteiger partial charge in [0.15, 0.2) is 0 Å². The molecule has 7 heteroatoms. The average molecular weight is 395 g/mol. The van der Waals surface area contributed by atoms with Crippen LogP contribution < -0.4 is 10.1 Å². The SMILES string of the molecule is CCS(=O)(=O)N1CCC(C(=O)N[C@H]2CC(C)(C)Oc3cc(C)ccc32)CC1. The van der Waals surface area contributed by atoms with Gasteiger partial charge in [0, 0.05) is 31.0 Å². The maximum absolute atomic E-state index is 12.9. The molecule has 0 unspecified atom stereocenters. The summed E-state index contributed by atoms with van der Waals surface area (Å²) in [5.74, 6) is 0.809. The smallest absolute Gasteiger partial charge is 0.223 e. The van der Waals surface area contributed by atoms with Crippen LogP contribution in [0.2, 0.25) is 0 Å². The zero-order valence-corrected chi connectivity index (χ0v) is 17.4. The molecule has 27 heavy (non-hydrogen) atoms. The Kier molecular flexibility index (Phi) is 5.54. The molecule has 1 amide bonds. The van der Waals surface area contributed by atoms with Gasteiger partial charge in [-0.15, -0.1) is 0 Å². The van der Waals surface area contributed by atoms with Crippen molar-refractivity contribution in [3.05, 3.63) is 29.3 Å². The third-order valence-corrected chi connectivity index (χ3v) is 7.41. The topological polar surface area (TPSA) is 75.7 Å². The highest BCUT2D eigenvalue weighted by Gasteiger charge is 2.36. The number of hydrogen-bond donors (Lipinski definition) is 1. The highest BCUT2D eigenvalue weighted by Crippen LogP contribution is 2.40. The minimum atomic E-state index is -3.17. The van der Waals surface area contributed by atoms with Crippen LogP contribution >= 0.6 is 0 Å². The fourth-order valence-corrected chi connectivity index (χ4v) is 5.09. The first kappa shape index (κ1) is 20.1. The van der Waals surface area contributed by atoms with Gasteiger partial charge in [0.2, 0.25) is 15.9 Å². The van der Waals surface area contributed by atoms with Crippen LogP contribution in [0.25, 0.3) is 0 Å². The second-order valence-corrected chi connectivity index (χ2v) is 10.5. The van der Waals surface area contributed by atoms with Gasteiger partial charge >= 0.3 is 0 Å². The lowest BCUT2D eigenvalue weighted by atomic mass is 9.88. The summed E-state index contributed by atoms with van der Waals surface area (Å²) in [6.07, 6.45) is 1.84. The summed E-state index contributed by atoms with van der Waals surface area (Å²) in [7, 11) is -3.17. The molecule has 0 bridgehead atoms. The molecule has 0 spiro atoms. The molecule has 1 N–H and O–H groups in total. The van der Waals surface area contributed by atoms with Crippen molar-refractivity contribution in [1.82, 2.24) is 9.62 Å². The summed E-state index contributed by atoms with van der Waals surface area (Å²) in [4.78, 5) is 12.9. The van der Waals surface area contributed by atoms with E-state index >= 15 is 0 Å². The lowest BCUT2D eigenvalue weighted by molar-refractivity contribution is -0.127. The standard InChI is InChI=1S/C20H30N2O4S/c1-5-27(24,25)22-10-8-15(9-11-22)19(23)21-17-13-20(3,4)26-18-12-14(2)6-7-16(17)18/h6-7,12,15,17H,5,8-11,13H2,1-4H3,(H,21,23)/t17-/m0/s1. The van der Waals surface area contributed by atoms with Crippen molar-refractivity contribution in [1.29, 1.82) is 0 Å². The summed E-state index contributed by atoms with van der Waals surface area (Å²) in [5.41, 5.74) is 1.79. The second kappa shape index (κ2) is 7.43. The van der Waals surface area contributed by atoms with Crippen LogP contribution in [0.5, 0.6) is 5.75 Å². The summed E-state index contributed by atoms with van der Waals surface area (Å²) < 4.78 is 31.6. The third-order valence-electron chi connectivity index (χ3n) is 5.53. The van der Waals surface area contributed by atoms with Crippen molar-refractivity contribution in [2.45, 2.75) is 58.6 Å². The van der Waals surface area contributed by atoms with Crippen molar-refractivity contribution in [3.8, 4) is 5.75 Å². The summed E-state index contributed by atoms with van der Waals surface area (Å²) in [6, 6.07) is 5.99. The zero-order chi connectivity index (χ0) is 19.8. The second-order valence-electron chi connectivity index (χ2n) is 8.24. The normalized spacial score (nSPS) is 23.3. The third kappa shape index (κ3) is 4.46. The number of rotatable bonds is 4. The van der Waals surface area contributed by atoms with Gasteiger partial charge in [0.1, 0.15) is 11.4 Å². The Labute approximate surface area is 162 Å². The Morgan fingerprint density at radius 3 is 2.59 bits per heavy atom. The quantitative estimate of drug-likeness (QED) is 0.852. The first-order valence-corrected chi connectivity index (χ1v) is 11.3. The van der Waals surface area contributed by atoms with E-state index in [0.29, 0.717) is 32.4 Å². The number of piperidine rings is 1. The summed E-state index contributed by atoms with van der Waals surface area (Å²) in [6.45, 7) is 8.58. The number of carbonyl (C=O) groups excluding carboxylic acids is 1. The molecule has 1 aromatic carbocycles. The molecule has 1 atom stereocenters. The minimum absolute atomic E-state index is 0.0118. The Hall–Kier alpha value is -1.60. The van der Waals surface area contributed by atoms with Crippen LogP contribution in [0, 0.1) is 12.8 Å². The van der Waals surface area contributed by atoms with Gasteiger partial charge in [-0.1, -0.05) is 12.1 Å². The molecule has 1 saturated heterocycles. The number of benzene rings is 1. The fourth-order valence-electron chi connectivity index (χ4n) is 3.96. The molecule has 2 aliphatic heterocycles. The number of carbonyl (C=O) groups is 1. The number of nitrogens with one attached hydrogen (secondary N) is 1. The molecule has 0 aromatic heterocycles. The van der Waals surface area contributed by atoms with E-state index < -0.39 is 10.0 Å². The summed E-state index contributed by atoms with van der Waals surface area (Å²) >= 11 is 0. The van der Waals surface area contributed by atoms with Crippen LogP contribution in [0.1, 0.15) is 57.2 Å². The number of amides is 1. The first-order valence-electron chi connectivity index (χ1n) is 9.69. The molecule has 1 aromatic rings. The van der Waals surface area contributed by atoms with Gasteiger partial charge in [-0.05, 0) is 52.2 Å². The number of nitrogens with zero attached hydrogens (tertiary/aromatic N) is 1. The van der Waals surface area contributed by atoms with Gasteiger partial charge in [-0.3, -0.25) is 4.79 Å². The Bertz CT molecular complexity index is 811. The van der Waals surface area contributed by atoms with Crippen LogP contribution in [-0.4, -0.2) is 43.1 Å². The van der Waals surface area contributed by atoms with Crippen LogP contribution in [0.15, 0.2) is 18.2 Å². The van der Waals surface area contributed by atoms with Crippen LogP contribution in [0.3, 0.4) is 0 Å². The predicted molar refractivity (Wildman–Crippen MR) is 105 cm³/mol. The van der Waals surface area contributed by atoms with Crippen LogP contribution in [-0.2, 0) is 14.8 Å². The zero-order valence-electron chi connectivity index (χ0n) is 16.6. The minimum Gasteiger partial charge on any atom is -0.487 e. The van der Waals surface area contributed by atoms with E-state index in [2.05, 4.69) is 5.32 Å². The maximum Gasteiger partial charge on any atom is 0.223 e. The molecule has 2 aliphatic rings. The van der Waals surface area contributed by atoms with E-state index in [1.165, 1.54) is 4.31 Å². The molecule has 1 fully saturated rings. The highest BCUT2D eigenvalue weighted by molar-refractivity contribution is 7.89. The average Bonchev–Trinajstić information content (AvgIpc) is 2.60. The molecule has 0 aliphatic carbocycles. The number of sulfonamides is 1. The van der Waals surface area contributed by atoms with E-state index in [-0.39, 0.29) is 29.2 Å². The number of ether oxygens (including phenoxy) is 1. The predicted octanol–water partition coefficient (Wildman–Crippen LogP) is 2.78. The van der Waals surface area contributed by atoms with Crippen molar-refractivity contribution < 1.29 is 17.9 Å². The molecule has 0 radical (unpaired) electrons. The lowest BCUT2D eigenvalue weighted by Crippen LogP contribution is -2.46. The lowest BCUT2D eigenvalue weighted by Gasteiger charge is -2.39. The van der Waals surface area contributed by atoms with E-state index in [1.54, 1.807) is 6.92 Å². The Morgan fingerprint density at radius 2 is 1.96 bits per heavy atom. The van der Waals surface area contributed by atoms with Crippen molar-refractivity contribution in [3.63, 3.8) is 0 Å². The Morgan fingerprint density at radius 1 is 1.30 bits per heavy atom. The highest BCUT2D eigenvalue weighted by atomic mass is 32.2. The molecular weight excluding hydrogens is 364 g/mol. The molecule has 3 rings (SSSR count). The van der Waals surface area contributed by atoms with Gasteiger partial charge in [0.05, 0.1) is 11.8 Å². The molecule has 150 valence electrons. The molecule has 6 nitrogen and oxygen atoms in total. The van der Waals surface area contributed by atoms with Gasteiger partial charge < -0.3 is 10.1 Å². The number of aryl methyl sites for hydroxylation is 1. The molecule has 2 heterocycles. The van der Waals surface area contributed by atoms with Crippen molar-refractivity contribution in [2.24, 2.45) is 5.92 Å². The largest absolute Gasteiger partial charge is 0.487 e. The first-order chi connectivity index (χ1) is 12.6. The van der Waals surface area contributed by atoms with Crippen LogP contribution in [0.4, 0.5) is 0 Å². The maximum atomic E-state index is 12.9. The van der Waals surface area contributed by atoms with E-state index in [4.69, 9.17) is 4.74 Å². The number of fused-ring (bicyclic) bond motifs is 1. The van der Waals surface area contributed by atoms with Gasteiger partial charge in [-0.25, -0.2) is 12.7 Å². The monoisotopic (exact) mass is 394 g/mol. The Balaban J connectivity index is 1.68. The van der Waals surface area contributed by atoms with E-state index in [1.807, 2.05) is 39.0 Å². The molecular formula is C20H30N2O4S. The van der Waals surface area contributed by atoms with Crippen molar-refractivity contribution in [2.75, 3.05) is 18.8 Å². The van der Waals surface area contributed by atoms with Gasteiger partial charge in [0.25, 0.3) is 0 Å². The number of hydrogen-bond acceptors (Lipinski definition) is 4. The van der Waals surface area contributed by atoms with Crippen molar-refractivity contribution >= 4 is 15.9 Å². The van der Waals surface area contributed by atoms with E-state index in [0.717, 1.165) is 16.9 Å². The van der Waals surface area contributed by atoms with Gasteiger partial charge in [-0.2, -0.15) is 0 Å². The summed E-state index contributed by atoms with van der Waals surface area (Å²) in [5, 5.41) is 3.20. The molecule has 0 saturated carbocycles.